The molecule has 1 aliphatic heterocycles. The lowest BCUT2D eigenvalue weighted by atomic mass is 10.0. The molecule has 1 saturated heterocycles. The van der Waals surface area contributed by atoms with Crippen molar-refractivity contribution >= 4 is 5.82 Å². The zero-order valence-corrected chi connectivity index (χ0v) is 10.5. The minimum Gasteiger partial charge on any atom is -0.381 e. The van der Waals surface area contributed by atoms with Gasteiger partial charge in [-0.1, -0.05) is 0 Å². The van der Waals surface area contributed by atoms with Crippen molar-refractivity contribution in [1.29, 1.82) is 5.26 Å². The molecule has 0 spiro atoms. The minimum atomic E-state index is 0.291. The smallest absolute Gasteiger partial charge is 0.142 e. The van der Waals surface area contributed by atoms with Crippen LogP contribution in [0.4, 0.5) is 5.82 Å². The monoisotopic (exact) mass is 234 g/mol. The molecule has 2 atom stereocenters. The van der Waals surface area contributed by atoms with E-state index in [1.54, 1.807) is 4.68 Å². The Morgan fingerprint density at radius 3 is 3.00 bits per heavy atom. The van der Waals surface area contributed by atoms with Gasteiger partial charge in [0.25, 0.3) is 0 Å². The first-order valence-corrected chi connectivity index (χ1v) is 5.91. The standard InChI is InChI=1S/C12H18N4O/c1-8(10-4-5-17-7-10)14-12-11(6-13)9(2)15-16(12)3/h8,10,14H,4-5,7H2,1-3H3. The van der Waals surface area contributed by atoms with E-state index in [1.165, 1.54) is 0 Å². The summed E-state index contributed by atoms with van der Waals surface area (Å²) in [6.07, 6.45) is 1.08. The van der Waals surface area contributed by atoms with Crippen LogP contribution in [0.5, 0.6) is 0 Å². The van der Waals surface area contributed by atoms with Crippen molar-refractivity contribution in [1.82, 2.24) is 9.78 Å². The van der Waals surface area contributed by atoms with E-state index in [9.17, 15) is 0 Å². The predicted octanol–water partition coefficient (Wildman–Crippen LogP) is 1.44. The number of ether oxygens (including phenoxy) is 1. The second-order valence-electron chi connectivity index (χ2n) is 4.60. The van der Waals surface area contributed by atoms with E-state index in [1.807, 2.05) is 14.0 Å². The Balaban J connectivity index is 2.15. The van der Waals surface area contributed by atoms with Crippen LogP contribution in [0, 0.1) is 24.2 Å². The Hall–Kier alpha value is -1.54. The van der Waals surface area contributed by atoms with Gasteiger partial charge in [0.2, 0.25) is 0 Å². The van der Waals surface area contributed by atoms with Gasteiger partial charge in [0.05, 0.1) is 12.3 Å². The third kappa shape index (κ3) is 2.27. The van der Waals surface area contributed by atoms with Gasteiger partial charge in [0.1, 0.15) is 17.5 Å². The quantitative estimate of drug-likeness (QED) is 0.859. The van der Waals surface area contributed by atoms with Gasteiger partial charge in [-0.2, -0.15) is 10.4 Å². The number of nitrogens with zero attached hydrogens (tertiary/aromatic N) is 3. The first-order valence-electron chi connectivity index (χ1n) is 5.91. The van der Waals surface area contributed by atoms with Crippen molar-refractivity contribution in [3.8, 4) is 6.07 Å². The fraction of sp³-hybridized carbons (Fsp3) is 0.667. The number of rotatable bonds is 3. The molecule has 0 aromatic carbocycles. The van der Waals surface area contributed by atoms with Gasteiger partial charge in [-0.15, -0.1) is 0 Å². The van der Waals surface area contributed by atoms with E-state index in [-0.39, 0.29) is 0 Å². The number of hydrogen-bond donors (Lipinski definition) is 1. The van der Waals surface area contributed by atoms with Crippen molar-refractivity contribution in [3.63, 3.8) is 0 Å². The van der Waals surface area contributed by atoms with Crippen molar-refractivity contribution < 1.29 is 4.74 Å². The summed E-state index contributed by atoms with van der Waals surface area (Å²) in [6, 6.07) is 2.49. The lowest BCUT2D eigenvalue weighted by Gasteiger charge is -2.20. The van der Waals surface area contributed by atoms with Crippen LogP contribution >= 0.6 is 0 Å². The maximum atomic E-state index is 9.12. The molecule has 2 rings (SSSR count). The van der Waals surface area contributed by atoms with E-state index in [0.717, 1.165) is 31.1 Å². The lowest BCUT2D eigenvalue weighted by Crippen LogP contribution is -2.27. The molecule has 5 nitrogen and oxygen atoms in total. The topological polar surface area (TPSA) is 62.9 Å². The number of hydrogen-bond acceptors (Lipinski definition) is 4. The van der Waals surface area contributed by atoms with Crippen LogP contribution in [0.25, 0.3) is 0 Å². The number of aryl methyl sites for hydroxylation is 2. The van der Waals surface area contributed by atoms with Gasteiger partial charge in [0.15, 0.2) is 0 Å². The highest BCUT2D eigenvalue weighted by Gasteiger charge is 2.24. The Bertz CT molecular complexity index is 440. The maximum Gasteiger partial charge on any atom is 0.142 e. The highest BCUT2D eigenvalue weighted by molar-refractivity contribution is 5.55. The summed E-state index contributed by atoms with van der Waals surface area (Å²) in [4.78, 5) is 0. The Morgan fingerprint density at radius 1 is 1.65 bits per heavy atom. The summed E-state index contributed by atoms with van der Waals surface area (Å²) >= 11 is 0. The molecule has 1 aromatic heterocycles. The molecule has 0 aliphatic carbocycles. The molecule has 1 aromatic rings. The molecule has 0 amide bonds. The molecule has 1 aliphatic rings. The molecule has 2 unspecified atom stereocenters. The van der Waals surface area contributed by atoms with E-state index in [2.05, 4.69) is 23.4 Å². The first kappa shape index (κ1) is 11.9. The minimum absolute atomic E-state index is 0.291. The molecule has 0 bridgehead atoms. The average molecular weight is 234 g/mol. The molecule has 0 saturated carbocycles. The third-order valence-electron chi connectivity index (χ3n) is 3.37. The van der Waals surface area contributed by atoms with Gasteiger partial charge >= 0.3 is 0 Å². The van der Waals surface area contributed by atoms with E-state index < -0.39 is 0 Å². The van der Waals surface area contributed by atoms with Crippen LogP contribution < -0.4 is 5.32 Å². The second-order valence-corrected chi connectivity index (χ2v) is 4.60. The number of anilines is 1. The molecule has 5 heteroatoms. The summed E-state index contributed by atoms with van der Waals surface area (Å²) in [5.41, 5.74) is 1.41. The number of nitriles is 1. The molecular weight excluding hydrogens is 216 g/mol. The molecule has 1 fully saturated rings. The largest absolute Gasteiger partial charge is 0.381 e. The summed E-state index contributed by atoms with van der Waals surface area (Å²) in [6.45, 7) is 5.62. The molecular formula is C12H18N4O. The van der Waals surface area contributed by atoms with Crippen LogP contribution in [0.15, 0.2) is 0 Å². The highest BCUT2D eigenvalue weighted by atomic mass is 16.5. The molecule has 2 heterocycles. The SMILES string of the molecule is Cc1nn(C)c(NC(C)C2CCOC2)c1C#N. The van der Waals surface area contributed by atoms with Gasteiger partial charge in [-0.05, 0) is 20.3 Å². The third-order valence-corrected chi connectivity index (χ3v) is 3.37. The maximum absolute atomic E-state index is 9.12. The highest BCUT2D eigenvalue weighted by Crippen LogP contribution is 2.23. The van der Waals surface area contributed by atoms with Gasteiger partial charge in [-0.25, -0.2) is 0 Å². The molecule has 17 heavy (non-hydrogen) atoms. The van der Waals surface area contributed by atoms with Crippen molar-refractivity contribution in [2.75, 3.05) is 18.5 Å². The molecule has 92 valence electrons. The fourth-order valence-corrected chi connectivity index (χ4v) is 2.24. The normalized spacial score (nSPS) is 21.2. The average Bonchev–Trinajstić information content (AvgIpc) is 2.88. The van der Waals surface area contributed by atoms with E-state index >= 15 is 0 Å². The van der Waals surface area contributed by atoms with Crippen LogP contribution in [0.2, 0.25) is 0 Å². The van der Waals surface area contributed by atoms with E-state index in [0.29, 0.717) is 17.5 Å². The summed E-state index contributed by atoms with van der Waals surface area (Å²) < 4.78 is 7.12. The summed E-state index contributed by atoms with van der Waals surface area (Å²) in [5.74, 6) is 1.32. The Kier molecular flexibility index (Phi) is 3.34. The first-order chi connectivity index (χ1) is 8.13. The zero-order valence-electron chi connectivity index (χ0n) is 10.5. The van der Waals surface area contributed by atoms with Gasteiger partial charge < -0.3 is 10.1 Å². The van der Waals surface area contributed by atoms with Crippen molar-refractivity contribution in [2.24, 2.45) is 13.0 Å². The Morgan fingerprint density at radius 2 is 2.41 bits per heavy atom. The Labute approximate surface area is 101 Å². The van der Waals surface area contributed by atoms with Crippen molar-refractivity contribution in [2.45, 2.75) is 26.3 Å². The zero-order chi connectivity index (χ0) is 12.4. The van der Waals surface area contributed by atoms with E-state index in [4.69, 9.17) is 10.00 Å². The second kappa shape index (κ2) is 4.76. The van der Waals surface area contributed by atoms with Crippen LogP contribution in [0.3, 0.4) is 0 Å². The van der Waals surface area contributed by atoms with Gasteiger partial charge in [0, 0.05) is 25.6 Å². The molecule has 1 N–H and O–H groups in total. The van der Waals surface area contributed by atoms with Crippen LogP contribution in [0.1, 0.15) is 24.6 Å². The number of aromatic nitrogens is 2. The lowest BCUT2D eigenvalue weighted by molar-refractivity contribution is 0.183. The predicted molar refractivity (Wildman–Crippen MR) is 64.7 cm³/mol. The fourth-order valence-electron chi connectivity index (χ4n) is 2.24. The van der Waals surface area contributed by atoms with Gasteiger partial charge in [-0.3, -0.25) is 4.68 Å². The van der Waals surface area contributed by atoms with Crippen LogP contribution in [-0.4, -0.2) is 29.0 Å². The summed E-state index contributed by atoms with van der Waals surface area (Å²) in [7, 11) is 1.86. The van der Waals surface area contributed by atoms with Crippen LogP contribution in [-0.2, 0) is 11.8 Å². The molecule has 0 radical (unpaired) electrons. The van der Waals surface area contributed by atoms with Crippen molar-refractivity contribution in [3.05, 3.63) is 11.3 Å². The number of nitrogens with one attached hydrogen (secondary N) is 1. The summed E-state index contributed by atoms with van der Waals surface area (Å²) in [5, 5.41) is 16.8.